The average molecular weight is 284 g/mol. The van der Waals surface area contributed by atoms with E-state index in [4.69, 9.17) is 4.99 Å². The molecule has 21 heavy (non-hydrogen) atoms. The standard InChI is InChI=1S/C19H28N2/c1-4-17-12(2)18(21-13(17)3)11-20-19-8-14-5-15(9-19)7-16(6-14)10-19/h11,14-16,20H,4-10H2,1-3H3/b18-11+. The minimum atomic E-state index is 0.403. The van der Waals surface area contributed by atoms with Crippen LogP contribution in [0.4, 0.5) is 0 Å². The molecule has 0 atom stereocenters. The lowest BCUT2D eigenvalue weighted by atomic mass is 9.53. The summed E-state index contributed by atoms with van der Waals surface area (Å²) in [5.41, 5.74) is 5.62. The second kappa shape index (κ2) is 4.72. The summed E-state index contributed by atoms with van der Waals surface area (Å²) in [5, 5.41) is 3.86. The Kier molecular flexibility index (Phi) is 3.06. The largest absolute Gasteiger partial charge is 0.384 e. The van der Waals surface area contributed by atoms with Gasteiger partial charge in [0.25, 0.3) is 0 Å². The summed E-state index contributed by atoms with van der Waals surface area (Å²) in [5.74, 6) is 3.00. The van der Waals surface area contributed by atoms with Crippen molar-refractivity contribution in [3.05, 3.63) is 23.0 Å². The Hall–Kier alpha value is -1.05. The zero-order valence-corrected chi connectivity index (χ0v) is 13.7. The van der Waals surface area contributed by atoms with Crippen LogP contribution in [0.2, 0.25) is 0 Å². The van der Waals surface area contributed by atoms with Crippen molar-refractivity contribution in [3.63, 3.8) is 0 Å². The highest BCUT2D eigenvalue weighted by atomic mass is 15.0. The third kappa shape index (κ3) is 2.18. The molecule has 0 radical (unpaired) electrons. The first-order valence-corrected chi connectivity index (χ1v) is 8.82. The highest BCUT2D eigenvalue weighted by Crippen LogP contribution is 2.55. The maximum absolute atomic E-state index is 4.78. The van der Waals surface area contributed by atoms with Gasteiger partial charge in [0.05, 0.1) is 5.70 Å². The Morgan fingerprint density at radius 3 is 2.14 bits per heavy atom. The Bertz CT molecular complexity index is 515. The van der Waals surface area contributed by atoms with Crippen LogP contribution in [-0.4, -0.2) is 11.3 Å². The van der Waals surface area contributed by atoms with E-state index in [9.17, 15) is 0 Å². The zero-order chi connectivity index (χ0) is 14.6. The first kappa shape index (κ1) is 13.6. The summed E-state index contributed by atoms with van der Waals surface area (Å²) < 4.78 is 0. The van der Waals surface area contributed by atoms with Crippen LogP contribution < -0.4 is 5.32 Å². The van der Waals surface area contributed by atoms with Crippen molar-refractivity contribution in [1.29, 1.82) is 0 Å². The maximum atomic E-state index is 4.78. The summed E-state index contributed by atoms with van der Waals surface area (Å²) in [6.07, 6.45) is 12.1. The predicted octanol–water partition coefficient (Wildman–Crippen LogP) is 4.59. The van der Waals surface area contributed by atoms with Crippen molar-refractivity contribution in [2.24, 2.45) is 22.7 Å². The van der Waals surface area contributed by atoms with E-state index in [1.165, 1.54) is 61.1 Å². The molecular weight excluding hydrogens is 256 g/mol. The molecule has 1 N–H and O–H groups in total. The molecule has 0 aromatic carbocycles. The van der Waals surface area contributed by atoms with E-state index < -0.39 is 0 Å². The Balaban J connectivity index is 1.55. The van der Waals surface area contributed by atoms with Crippen molar-refractivity contribution in [1.82, 2.24) is 5.32 Å². The van der Waals surface area contributed by atoms with Crippen LogP contribution in [0, 0.1) is 17.8 Å². The number of hydrogen-bond donors (Lipinski definition) is 1. The molecular formula is C19H28N2. The summed E-state index contributed by atoms with van der Waals surface area (Å²) in [7, 11) is 0. The summed E-state index contributed by atoms with van der Waals surface area (Å²) in [6.45, 7) is 6.60. The number of nitrogens with one attached hydrogen (secondary N) is 1. The van der Waals surface area contributed by atoms with Crippen LogP contribution in [-0.2, 0) is 0 Å². The SMILES string of the molecule is CCC1=C(C)/C(=C\NC23CC4CC(CC(C4)C2)C3)N=C1C. The molecule has 0 aromatic heterocycles. The highest BCUT2D eigenvalue weighted by Gasteiger charge is 2.50. The fourth-order valence-corrected chi connectivity index (χ4v) is 5.93. The lowest BCUT2D eigenvalue weighted by Gasteiger charge is -2.57. The van der Waals surface area contributed by atoms with Gasteiger partial charge >= 0.3 is 0 Å². The van der Waals surface area contributed by atoms with Crippen molar-refractivity contribution >= 4 is 5.71 Å². The van der Waals surface area contributed by atoms with Gasteiger partial charge in [-0.1, -0.05) is 6.92 Å². The van der Waals surface area contributed by atoms with Gasteiger partial charge in [0.15, 0.2) is 0 Å². The zero-order valence-electron chi connectivity index (χ0n) is 13.7. The summed E-state index contributed by atoms with van der Waals surface area (Å²) in [4.78, 5) is 4.78. The molecule has 4 fully saturated rings. The van der Waals surface area contributed by atoms with Gasteiger partial charge in [-0.05, 0) is 87.7 Å². The van der Waals surface area contributed by atoms with Gasteiger partial charge in [-0.15, -0.1) is 0 Å². The number of allylic oxidation sites excluding steroid dienone is 2. The molecule has 0 amide bonds. The first-order valence-electron chi connectivity index (χ1n) is 8.82. The third-order valence-electron chi connectivity index (χ3n) is 6.47. The highest BCUT2D eigenvalue weighted by molar-refractivity contribution is 6.02. The molecule has 2 nitrogen and oxygen atoms in total. The third-order valence-corrected chi connectivity index (χ3v) is 6.47. The van der Waals surface area contributed by atoms with Crippen LogP contribution in [0.25, 0.3) is 0 Å². The Morgan fingerprint density at radius 2 is 1.67 bits per heavy atom. The molecule has 0 aromatic rings. The fraction of sp³-hybridized carbons (Fsp3) is 0.737. The lowest BCUT2D eigenvalue weighted by Crippen LogP contribution is -2.57. The molecule has 4 aliphatic carbocycles. The molecule has 5 aliphatic rings. The molecule has 114 valence electrons. The van der Waals surface area contributed by atoms with Crippen LogP contribution in [0.5, 0.6) is 0 Å². The minimum Gasteiger partial charge on any atom is -0.384 e. The van der Waals surface area contributed by atoms with Crippen molar-refractivity contribution in [2.75, 3.05) is 0 Å². The van der Waals surface area contributed by atoms with E-state index in [1.807, 2.05) is 0 Å². The van der Waals surface area contributed by atoms with Crippen molar-refractivity contribution in [3.8, 4) is 0 Å². The van der Waals surface area contributed by atoms with Crippen LogP contribution in [0.15, 0.2) is 28.0 Å². The Labute approximate surface area is 128 Å². The Morgan fingerprint density at radius 1 is 1.10 bits per heavy atom. The van der Waals surface area contributed by atoms with Crippen LogP contribution in [0.3, 0.4) is 0 Å². The van der Waals surface area contributed by atoms with Crippen molar-refractivity contribution in [2.45, 2.75) is 71.3 Å². The fourth-order valence-electron chi connectivity index (χ4n) is 5.93. The molecule has 4 bridgehead atoms. The molecule has 4 saturated carbocycles. The van der Waals surface area contributed by atoms with E-state index in [1.54, 1.807) is 0 Å². The summed E-state index contributed by atoms with van der Waals surface area (Å²) >= 11 is 0. The van der Waals surface area contributed by atoms with Gasteiger partial charge in [0.1, 0.15) is 0 Å². The lowest BCUT2D eigenvalue weighted by molar-refractivity contribution is -0.0130. The quantitative estimate of drug-likeness (QED) is 0.805. The summed E-state index contributed by atoms with van der Waals surface area (Å²) in [6, 6.07) is 0. The van der Waals surface area contributed by atoms with Gasteiger partial charge in [0.2, 0.25) is 0 Å². The number of hydrogen-bond acceptors (Lipinski definition) is 2. The van der Waals surface area contributed by atoms with Gasteiger partial charge < -0.3 is 5.32 Å². The number of aliphatic imine (C=N–C) groups is 1. The molecule has 1 heterocycles. The van der Waals surface area contributed by atoms with E-state index >= 15 is 0 Å². The van der Waals surface area contributed by atoms with E-state index in [2.05, 4.69) is 32.3 Å². The van der Waals surface area contributed by atoms with E-state index in [0.29, 0.717) is 5.54 Å². The molecule has 1 aliphatic heterocycles. The predicted molar refractivity (Wildman–Crippen MR) is 88.2 cm³/mol. The minimum absolute atomic E-state index is 0.403. The van der Waals surface area contributed by atoms with Crippen molar-refractivity contribution < 1.29 is 0 Å². The van der Waals surface area contributed by atoms with Crippen LogP contribution in [0.1, 0.15) is 65.7 Å². The molecule has 0 spiro atoms. The maximum Gasteiger partial charge on any atom is 0.0822 e. The number of rotatable bonds is 3. The van der Waals surface area contributed by atoms with Gasteiger partial charge in [-0.25, -0.2) is 0 Å². The van der Waals surface area contributed by atoms with Gasteiger partial charge in [-0.3, -0.25) is 4.99 Å². The second-order valence-corrected chi connectivity index (χ2v) is 8.03. The normalized spacial score (nSPS) is 42.9. The second-order valence-electron chi connectivity index (χ2n) is 8.03. The molecule has 5 rings (SSSR count). The molecule has 2 heteroatoms. The van der Waals surface area contributed by atoms with E-state index in [-0.39, 0.29) is 0 Å². The smallest absolute Gasteiger partial charge is 0.0822 e. The molecule has 0 unspecified atom stereocenters. The monoisotopic (exact) mass is 284 g/mol. The van der Waals surface area contributed by atoms with Crippen LogP contribution >= 0.6 is 0 Å². The topological polar surface area (TPSA) is 24.4 Å². The van der Waals surface area contributed by atoms with Gasteiger partial charge in [0, 0.05) is 17.5 Å². The van der Waals surface area contributed by atoms with Gasteiger partial charge in [-0.2, -0.15) is 0 Å². The van der Waals surface area contributed by atoms with E-state index in [0.717, 1.165) is 24.2 Å². The average Bonchev–Trinajstić information content (AvgIpc) is 2.69. The molecule has 0 saturated heterocycles. The number of nitrogens with zero attached hydrogens (tertiary/aromatic N) is 1. The first-order chi connectivity index (χ1) is 10.1.